The second-order valence-corrected chi connectivity index (χ2v) is 7.58. The van der Waals surface area contributed by atoms with Gasteiger partial charge in [0.1, 0.15) is 5.69 Å². The molecule has 0 bridgehead atoms. The number of ether oxygens (including phenoxy) is 1. The molecule has 2 heterocycles. The highest BCUT2D eigenvalue weighted by molar-refractivity contribution is 7.92. The van der Waals surface area contributed by atoms with Gasteiger partial charge in [-0.05, 0) is 49.2 Å². The largest absolute Gasteiger partial charge is 0.476 e. The maximum atomic E-state index is 12.5. The molecule has 0 saturated heterocycles. The minimum atomic E-state index is -3.30. The molecule has 1 aliphatic rings. The van der Waals surface area contributed by atoms with Crippen LogP contribution in [0, 0.1) is 0 Å². The van der Waals surface area contributed by atoms with E-state index < -0.39 is 10.0 Å². The number of pyridine rings is 1. The monoisotopic (exact) mass is 361 g/mol. The van der Waals surface area contributed by atoms with E-state index in [-0.39, 0.29) is 5.91 Å². The van der Waals surface area contributed by atoms with Gasteiger partial charge in [0.05, 0.1) is 18.6 Å². The van der Waals surface area contributed by atoms with Crippen molar-refractivity contribution in [2.24, 2.45) is 0 Å². The van der Waals surface area contributed by atoms with Crippen LogP contribution in [0.4, 0.5) is 11.4 Å². The fraction of sp³-hybridized carbons (Fsp3) is 0.294. The number of nitrogens with one attached hydrogen (secondary N) is 1. The summed E-state index contributed by atoms with van der Waals surface area (Å²) in [6, 6.07) is 8.45. The Hall–Kier alpha value is -2.61. The number of benzene rings is 1. The van der Waals surface area contributed by atoms with E-state index in [1.807, 2.05) is 6.92 Å². The van der Waals surface area contributed by atoms with E-state index in [4.69, 9.17) is 4.74 Å². The van der Waals surface area contributed by atoms with Gasteiger partial charge in [-0.25, -0.2) is 13.4 Å². The van der Waals surface area contributed by atoms with Gasteiger partial charge in [-0.1, -0.05) is 0 Å². The molecule has 1 aromatic heterocycles. The number of rotatable bonds is 5. The normalized spacial score (nSPS) is 13.4. The predicted molar refractivity (Wildman–Crippen MR) is 95.7 cm³/mol. The number of amides is 1. The van der Waals surface area contributed by atoms with Crippen molar-refractivity contribution in [1.82, 2.24) is 4.98 Å². The zero-order valence-electron chi connectivity index (χ0n) is 14.0. The molecule has 1 N–H and O–H groups in total. The van der Waals surface area contributed by atoms with Crippen molar-refractivity contribution in [3.05, 3.63) is 47.7 Å². The molecule has 0 aliphatic carbocycles. The molecule has 0 spiro atoms. The summed E-state index contributed by atoms with van der Waals surface area (Å²) in [4.78, 5) is 16.6. The molecule has 0 atom stereocenters. The molecule has 1 aromatic carbocycles. The van der Waals surface area contributed by atoms with Crippen molar-refractivity contribution >= 4 is 27.3 Å². The lowest BCUT2D eigenvalue weighted by Crippen LogP contribution is -2.27. The molecule has 3 rings (SSSR count). The van der Waals surface area contributed by atoms with Crippen molar-refractivity contribution in [2.45, 2.75) is 13.3 Å². The Kier molecular flexibility index (Phi) is 4.63. The van der Waals surface area contributed by atoms with Crippen LogP contribution in [0.2, 0.25) is 0 Å². The van der Waals surface area contributed by atoms with E-state index in [1.54, 1.807) is 36.5 Å². The first-order valence-corrected chi connectivity index (χ1v) is 9.75. The van der Waals surface area contributed by atoms with Crippen LogP contribution in [-0.2, 0) is 16.4 Å². The van der Waals surface area contributed by atoms with Gasteiger partial charge in [0.15, 0.2) is 0 Å². The molecule has 0 fully saturated rings. The highest BCUT2D eigenvalue weighted by Gasteiger charge is 2.26. The first kappa shape index (κ1) is 17.2. The van der Waals surface area contributed by atoms with Crippen molar-refractivity contribution in [3.8, 4) is 5.88 Å². The summed E-state index contributed by atoms with van der Waals surface area (Å²) in [5.74, 6) is 0.0670. The molecule has 25 heavy (non-hydrogen) atoms. The van der Waals surface area contributed by atoms with Crippen LogP contribution in [0.5, 0.6) is 5.88 Å². The summed E-state index contributed by atoms with van der Waals surface area (Å²) in [6.07, 6.45) is 3.36. The Morgan fingerprint density at radius 1 is 1.36 bits per heavy atom. The maximum Gasteiger partial charge on any atom is 0.255 e. The Balaban J connectivity index is 1.83. The smallest absolute Gasteiger partial charge is 0.255 e. The molecule has 7 nitrogen and oxygen atoms in total. The number of nitrogens with zero attached hydrogens (tertiary/aromatic N) is 2. The number of carbonyl (C=O) groups excluding carboxylic acids is 1. The average molecular weight is 361 g/mol. The summed E-state index contributed by atoms with van der Waals surface area (Å²) in [5.41, 5.74) is 2.43. The molecule has 132 valence electrons. The van der Waals surface area contributed by atoms with Crippen LogP contribution < -0.4 is 14.4 Å². The third-order valence-electron chi connectivity index (χ3n) is 3.90. The van der Waals surface area contributed by atoms with Gasteiger partial charge in [-0.2, -0.15) is 0 Å². The van der Waals surface area contributed by atoms with Gasteiger partial charge < -0.3 is 10.1 Å². The van der Waals surface area contributed by atoms with Crippen LogP contribution >= 0.6 is 0 Å². The van der Waals surface area contributed by atoms with E-state index in [0.29, 0.717) is 42.4 Å². The van der Waals surface area contributed by atoms with Gasteiger partial charge in [0, 0.05) is 18.3 Å². The summed E-state index contributed by atoms with van der Waals surface area (Å²) < 4.78 is 30.3. The van der Waals surface area contributed by atoms with Crippen molar-refractivity contribution in [1.29, 1.82) is 0 Å². The van der Waals surface area contributed by atoms with E-state index in [2.05, 4.69) is 10.3 Å². The Labute approximate surface area is 146 Å². The Morgan fingerprint density at radius 3 is 2.88 bits per heavy atom. The zero-order chi connectivity index (χ0) is 18.0. The molecule has 0 radical (unpaired) electrons. The van der Waals surface area contributed by atoms with Crippen LogP contribution in [0.15, 0.2) is 36.5 Å². The number of aromatic nitrogens is 1. The van der Waals surface area contributed by atoms with Crippen LogP contribution in [0.25, 0.3) is 0 Å². The fourth-order valence-electron chi connectivity index (χ4n) is 2.79. The standard InChI is InChI=1S/C17H19N3O4S/c1-3-24-17-14(5-4-9-18-17)19-16(21)13-6-7-15-12(11-13)8-10-20(15)25(2,22)23/h4-7,9,11H,3,8,10H2,1-2H3,(H,19,21). The van der Waals surface area contributed by atoms with Crippen molar-refractivity contribution in [2.75, 3.05) is 29.0 Å². The highest BCUT2D eigenvalue weighted by atomic mass is 32.2. The topological polar surface area (TPSA) is 88.6 Å². The molecule has 1 aliphatic heterocycles. The Morgan fingerprint density at radius 2 is 2.16 bits per heavy atom. The van der Waals surface area contributed by atoms with E-state index in [1.165, 1.54) is 10.6 Å². The lowest BCUT2D eigenvalue weighted by atomic mass is 10.1. The number of hydrogen-bond donors (Lipinski definition) is 1. The lowest BCUT2D eigenvalue weighted by Gasteiger charge is -2.16. The first-order chi connectivity index (χ1) is 11.9. The van der Waals surface area contributed by atoms with Gasteiger partial charge in [-0.3, -0.25) is 9.10 Å². The first-order valence-electron chi connectivity index (χ1n) is 7.90. The van der Waals surface area contributed by atoms with E-state index in [9.17, 15) is 13.2 Å². The van der Waals surface area contributed by atoms with Crippen molar-refractivity contribution < 1.29 is 17.9 Å². The molecule has 0 saturated carbocycles. The highest BCUT2D eigenvalue weighted by Crippen LogP contribution is 2.31. The van der Waals surface area contributed by atoms with Crippen LogP contribution in [0.3, 0.4) is 0 Å². The molecule has 2 aromatic rings. The quantitative estimate of drug-likeness (QED) is 0.880. The Bertz CT molecular complexity index is 912. The summed E-state index contributed by atoms with van der Waals surface area (Å²) in [7, 11) is -3.30. The second kappa shape index (κ2) is 6.72. The van der Waals surface area contributed by atoms with Crippen LogP contribution in [-0.4, -0.2) is 38.7 Å². The number of fused-ring (bicyclic) bond motifs is 1. The van der Waals surface area contributed by atoms with E-state index in [0.717, 1.165) is 5.56 Å². The second-order valence-electron chi connectivity index (χ2n) is 5.67. The third-order valence-corrected chi connectivity index (χ3v) is 5.08. The molecular formula is C17H19N3O4S. The van der Waals surface area contributed by atoms with Gasteiger partial charge in [0.25, 0.3) is 5.91 Å². The molecule has 8 heteroatoms. The molecule has 1 amide bonds. The fourth-order valence-corrected chi connectivity index (χ4v) is 3.75. The minimum Gasteiger partial charge on any atom is -0.476 e. The summed E-state index contributed by atoms with van der Waals surface area (Å²) in [5, 5.41) is 2.79. The van der Waals surface area contributed by atoms with Gasteiger partial charge in [0.2, 0.25) is 15.9 Å². The van der Waals surface area contributed by atoms with Gasteiger partial charge in [-0.15, -0.1) is 0 Å². The molecule has 0 unspecified atom stereocenters. The molecular weight excluding hydrogens is 342 g/mol. The van der Waals surface area contributed by atoms with E-state index >= 15 is 0 Å². The van der Waals surface area contributed by atoms with Crippen molar-refractivity contribution in [3.63, 3.8) is 0 Å². The predicted octanol–water partition coefficient (Wildman–Crippen LogP) is 2.05. The SMILES string of the molecule is CCOc1ncccc1NC(=O)c1ccc2c(c1)CCN2S(C)(=O)=O. The minimum absolute atomic E-state index is 0.297. The zero-order valence-corrected chi connectivity index (χ0v) is 14.8. The average Bonchev–Trinajstić information content (AvgIpc) is 3.00. The number of hydrogen-bond acceptors (Lipinski definition) is 5. The number of sulfonamides is 1. The summed E-state index contributed by atoms with van der Waals surface area (Å²) >= 11 is 0. The third kappa shape index (κ3) is 3.58. The number of carbonyl (C=O) groups is 1. The van der Waals surface area contributed by atoms with Gasteiger partial charge >= 0.3 is 0 Å². The number of anilines is 2. The van der Waals surface area contributed by atoms with Crippen LogP contribution in [0.1, 0.15) is 22.8 Å². The lowest BCUT2D eigenvalue weighted by molar-refractivity contribution is 0.102. The maximum absolute atomic E-state index is 12.5. The summed E-state index contributed by atoms with van der Waals surface area (Å²) in [6.45, 7) is 2.69.